The second kappa shape index (κ2) is 7.12. The summed E-state index contributed by atoms with van der Waals surface area (Å²) in [4.78, 5) is 14.3. The maximum Gasteiger partial charge on any atom is 0.195 e. The van der Waals surface area contributed by atoms with Crippen molar-refractivity contribution in [1.82, 2.24) is 0 Å². The number of rotatable bonds is 3. The normalized spacial score (nSPS) is 12.3. The van der Waals surface area contributed by atoms with Crippen LogP contribution in [0.4, 0.5) is 11.4 Å². The Balaban J connectivity index is 1.67. The molecule has 2 nitrogen and oxygen atoms in total. The van der Waals surface area contributed by atoms with Crippen LogP contribution in [-0.2, 0) is 0 Å². The number of carbonyl (C=O) groups excluding carboxylic acids is 1. The number of ketones is 1. The van der Waals surface area contributed by atoms with Crippen LogP contribution < -0.4 is 5.32 Å². The number of thiocarbonyl (C=S) groups is 1. The number of carbonyl (C=O) groups is 1. The Morgan fingerprint density at radius 1 is 0.586 bits per heavy atom. The lowest BCUT2D eigenvalue weighted by Gasteiger charge is -2.24. The molecule has 3 heteroatoms. The molecule has 0 aromatic heterocycles. The summed E-state index contributed by atoms with van der Waals surface area (Å²) in [7, 11) is 0. The van der Waals surface area contributed by atoms with E-state index in [2.05, 4.69) is 5.32 Å². The van der Waals surface area contributed by atoms with Gasteiger partial charge in [-0.15, -0.1) is 0 Å². The molecule has 1 aliphatic rings. The van der Waals surface area contributed by atoms with Gasteiger partial charge < -0.3 is 5.32 Å². The highest BCUT2D eigenvalue weighted by atomic mass is 32.1. The van der Waals surface area contributed by atoms with Crippen molar-refractivity contribution in [1.29, 1.82) is 0 Å². The SMILES string of the molecule is O=C1c2cccc(Nc3ccccc3)c2C(=S)c2cccc(-c3ccccc3)c21. The average Bonchev–Trinajstić information content (AvgIpc) is 2.78. The Morgan fingerprint density at radius 2 is 1.21 bits per heavy atom. The lowest BCUT2D eigenvalue weighted by molar-refractivity contribution is 0.103. The third-order valence-corrected chi connectivity index (χ3v) is 5.63. The molecule has 4 aromatic rings. The molecule has 0 heterocycles. The molecule has 0 saturated heterocycles. The minimum atomic E-state index is 0.0137. The number of para-hydroxylation sites is 1. The Kier molecular flexibility index (Phi) is 4.30. The van der Waals surface area contributed by atoms with E-state index in [9.17, 15) is 4.79 Å². The van der Waals surface area contributed by atoms with Crippen LogP contribution in [0.25, 0.3) is 11.1 Å². The summed E-state index contributed by atoms with van der Waals surface area (Å²) in [6.45, 7) is 0. The fourth-order valence-corrected chi connectivity index (χ4v) is 4.27. The first-order chi connectivity index (χ1) is 14.2. The van der Waals surface area contributed by atoms with E-state index in [1.807, 2.05) is 97.1 Å². The number of hydrogen-bond acceptors (Lipinski definition) is 3. The predicted octanol–water partition coefficient (Wildman–Crippen LogP) is 6.41. The molecule has 0 bridgehead atoms. The number of fused-ring (bicyclic) bond motifs is 2. The smallest absolute Gasteiger partial charge is 0.195 e. The minimum Gasteiger partial charge on any atom is -0.355 e. The zero-order valence-electron chi connectivity index (χ0n) is 15.6. The summed E-state index contributed by atoms with van der Waals surface area (Å²) in [6, 6.07) is 31.5. The van der Waals surface area contributed by atoms with E-state index in [4.69, 9.17) is 12.2 Å². The molecule has 0 amide bonds. The first kappa shape index (κ1) is 17.5. The van der Waals surface area contributed by atoms with Gasteiger partial charge in [-0.25, -0.2) is 0 Å². The van der Waals surface area contributed by atoms with E-state index in [1.165, 1.54) is 0 Å². The molecule has 0 aliphatic heterocycles. The molecule has 4 aromatic carbocycles. The summed E-state index contributed by atoms with van der Waals surface area (Å²) in [5.74, 6) is 0.0137. The van der Waals surface area contributed by atoms with Crippen LogP contribution in [0.5, 0.6) is 0 Å². The predicted molar refractivity (Wildman–Crippen MR) is 122 cm³/mol. The summed E-state index contributed by atoms with van der Waals surface area (Å²) in [5.41, 5.74) is 6.70. The Labute approximate surface area is 174 Å². The first-order valence-electron chi connectivity index (χ1n) is 9.47. The van der Waals surface area contributed by atoms with E-state index in [-0.39, 0.29) is 5.78 Å². The minimum absolute atomic E-state index is 0.0137. The Bertz CT molecular complexity index is 1250. The van der Waals surface area contributed by atoms with Gasteiger partial charge >= 0.3 is 0 Å². The fourth-order valence-electron chi connectivity index (χ4n) is 3.88. The van der Waals surface area contributed by atoms with Crippen molar-refractivity contribution in [3.63, 3.8) is 0 Å². The molecular formula is C26H17NOS. The van der Waals surface area contributed by atoms with Crippen molar-refractivity contribution < 1.29 is 4.79 Å². The Morgan fingerprint density at radius 3 is 1.97 bits per heavy atom. The van der Waals surface area contributed by atoms with Crippen LogP contribution >= 0.6 is 12.2 Å². The average molecular weight is 391 g/mol. The highest BCUT2D eigenvalue weighted by Gasteiger charge is 2.31. The van der Waals surface area contributed by atoms with Crippen LogP contribution in [0.1, 0.15) is 27.0 Å². The van der Waals surface area contributed by atoms with Crippen molar-refractivity contribution in [2.24, 2.45) is 0 Å². The summed E-state index contributed by atoms with van der Waals surface area (Å²) < 4.78 is 0. The third kappa shape index (κ3) is 2.96. The van der Waals surface area contributed by atoms with Gasteiger partial charge in [0.15, 0.2) is 5.78 Å². The maximum atomic E-state index is 13.6. The highest BCUT2D eigenvalue weighted by molar-refractivity contribution is 7.81. The van der Waals surface area contributed by atoms with Gasteiger partial charge in [0.1, 0.15) is 0 Å². The third-order valence-electron chi connectivity index (χ3n) is 5.21. The Hall–Kier alpha value is -3.56. The van der Waals surface area contributed by atoms with Gasteiger partial charge in [-0.1, -0.05) is 91.1 Å². The van der Waals surface area contributed by atoms with Gasteiger partial charge in [0.05, 0.1) is 4.86 Å². The summed E-state index contributed by atoms with van der Waals surface area (Å²) in [5, 5.41) is 3.42. The van der Waals surface area contributed by atoms with Gasteiger partial charge in [-0.2, -0.15) is 0 Å². The highest BCUT2D eigenvalue weighted by Crippen LogP contribution is 2.38. The van der Waals surface area contributed by atoms with Crippen molar-refractivity contribution in [2.75, 3.05) is 5.32 Å². The van der Waals surface area contributed by atoms with Gasteiger partial charge in [0.25, 0.3) is 0 Å². The van der Waals surface area contributed by atoms with E-state index in [0.29, 0.717) is 16.0 Å². The zero-order valence-corrected chi connectivity index (χ0v) is 16.4. The van der Waals surface area contributed by atoms with Crippen molar-refractivity contribution in [3.8, 4) is 11.1 Å². The molecular weight excluding hydrogens is 374 g/mol. The molecule has 0 atom stereocenters. The topological polar surface area (TPSA) is 29.1 Å². The van der Waals surface area contributed by atoms with Crippen molar-refractivity contribution in [2.45, 2.75) is 0 Å². The van der Waals surface area contributed by atoms with Crippen LogP contribution in [0.3, 0.4) is 0 Å². The molecule has 29 heavy (non-hydrogen) atoms. The second-order valence-electron chi connectivity index (χ2n) is 6.97. The van der Waals surface area contributed by atoms with E-state index < -0.39 is 0 Å². The number of benzene rings is 4. The molecule has 1 N–H and O–H groups in total. The quantitative estimate of drug-likeness (QED) is 0.360. The lowest BCUT2D eigenvalue weighted by atomic mass is 9.80. The van der Waals surface area contributed by atoms with Crippen LogP contribution in [0.2, 0.25) is 0 Å². The second-order valence-corrected chi connectivity index (χ2v) is 7.38. The fraction of sp³-hybridized carbons (Fsp3) is 0. The lowest BCUT2D eigenvalue weighted by Crippen LogP contribution is -2.22. The number of nitrogens with one attached hydrogen (secondary N) is 1. The maximum absolute atomic E-state index is 13.6. The van der Waals surface area contributed by atoms with Gasteiger partial charge in [0, 0.05) is 33.6 Å². The van der Waals surface area contributed by atoms with Gasteiger partial charge in [0.2, 0.25) is 0 Å². The molecule has 0 spiro atoms. The zero-order chi connectivity index (χ0) is 19.8. The van der Waals surface area contributed by atoms with Gasteiger partial charge in [-0.05, 0) is 29.3 Å². The van der Waals surface area contributed by atoms with E-state index in [0.717, 1.165) is 33.6 Å². The number of anilines is 2. The summed E-state index contributed by atoms with van der Waals surface area (Å²) in [6.07, 6.45) is 0. The number of hydrogen-bond donors (Lipinski definition) is 1. The largest absolute Gasteiger partial charge is 0.355 e. The standard InChI is InChI=1S/C26H17NOS/c28-25-20-14-8-16-22(27-18-11-5-2-6-12-18)24(20)26(29)21-15-7-13-19(23(21)25)17-9-3-1-4-10-17/h1-16,27H. The van der Waals surface area contributed by atoms with Crippen LogP contribution in [-0.4, -0.2) is 10.6 Å². The molecule has 0 unspecified atom stereocenters. The molecule has 0 saturated carbocycles. The molecule has 5 rings (SSSR count). The molecule has 0 fully saturated rings. The monoisotopic (exact) mass is 391 g/mol. The molecule has 138 valence electrons. The van der Waals surface area contributed by atoms with Crippen LogP contribution in [0, 0.1) is 0 Å². The first-order valence-corrected chi connectivity index (χ1v) is 9.88. The summed E-state index contributed by atoms with van der Waals surface area (Å²) >= 11 is 5.89. The van der Waals surface area contributed by atoms with Crippen molar-refractivity contribution in [3.05, 3.63) is 119 Å². The van der Waals surface area contributed by atoms with E-state index >= 15 is 0 Å². The van der Waals surface area contributed by atoms with Crippen LogP contribution in [0.15, 0.2) is 97.1 Å². The van der Waals surface area contributed by atoms with E-state index in [1.54, 1.807) is 0 Å². The van der Waals surface area contributed by atoms with Crippen molar-refractivity contribution >= 4 is 34.2 Å². The van der Waals surface area contributed by atoms with Gasteiger partial charge in [-0.3, -0.25) is 4.79 Å². The molecule has 1 aliphatic carbocycles. The molecule has 0 radical (unpaired) electrons.